The highest BCUT2D eigenvalue weighted by atomic mass is 16.1. The Morgan fingerprint density at radius 3 is 2.77 bits per heavy atom. The molecule has 3 rings (SSSR count). The molecule has 1 saturated carbocycles. The van der Waals surface area contributed by atoms with E-state index < -0.39 is 5.41 Å². The van der Waals surface area contributed by atoms with Gasteiger partial charge < -0.3 is 5.73 Å². The predicted molar refractivity (Wildman–Crippen MR) is 90.5 cm³/mol. The minimum atomic E-state index is -0.432. The van der Waals surface area contributed by atoms with E-state index in [1.165, 1.54) is 23.1 Å². The van der Waals surface area contributed by atoms with Crippen molar-refractivity contribution in [3.63, 3.8) is 0 Å². The largest absolute Gasteiger partial charge is 0.369 e. The van der Waals surface area contributed by atoms with Crippen molar-refractivity contribution in [3.8, 4) is 0 Å². The van der Waals surface area contributed by atoms with E-state index in [4.69, 9.17) is 5.73 Å². The van der Waals surface area contributed by atoms with Gasteiger partial charge in [0, 0.05) is 0 Å². The lowest BCUT2D eigenvalue weighted by Gasteiger charge is -2.50. The zero-order chi connectivity index (χ0) is 15.9. The highest BCUT2D eigenvalue weighted by Crippen LogP contribution is 2.53. The third-order valence-corrected chi connectivity index (χ3v) is 6.13. The maximum atomic E-state index is 12.6. The van der Waals surface area contributed by atoms with Crippen LogP contribution in [0.4, 0.5) is 0 Å². The Labute approximate surface area is 134 Å². The van der Waals surface area contributed by atoms with Gasteiger partial charge in [-0.25, -0.2) is 0 Å². The highest BCUT2D eigenvalue weighted by molar-refractivity contribution is 5.88. The van der Waals surface area contributed by atoms with Crippen molar-refractivity contribution in [1.82, 2.24) is 0 Å². The third-order valence-electron chi connectivity index (χ3n) is 6.13. The lowest BCUT2D eigenvalue weighted by molar-refractivity contribution is -0.128. The summed E-state index contributed by atoms with van der Waals surface area (Å²) in [5.41, 5.74) is 9.51. The number of benzene rings is 1. The van der Waals surface area contributed by atoms with Gasteiger partial charge in [-0.2, -0.15) is 0 Å². The number of carbonyl (C=O) groups excluding carboxylic acids is 1. The Bertz CT molecular complexity index is 577. The first-order chi connectivity index (χ1) is 10.5. The van der Waals surface area contributed by atoms with Crippen LogP contribution in [0.1, 0.15) is 69.1 Å². The molecule has 2 N–H and O–H groups in total. The molecule has 0 aromatic heterocycles. The standard InChI is InChI=1S/C20H28NO/c1-4-14-6-5-11-20(19(21)22)17(14)10-8-16-12-15(13(2)3)7-9-18(16)20/h4,7,9,12-14,17H,5-6,8,10-11H2,1-3H3,(H2,21,22). The average molecular weight is 298 g/mol. The van der Waals surface area contributed by atoms with Crippen LogP contribution in [-0.2, 0) is 16.6 Å². The molecule has 22 heavy (non-hydrogen) atoms. The molecular formula is C20H28NO. The molecule has 0 aliphatic heterocycles. The first-order valence-electron chi connectivity index (χ1n) is 8.73. The Morgan fingerprint density at radius 1 is 1.36 bits per heavy atom. The molecule has 2 heteroatoms. The van der Waals surface area contributed by atoms with Crippen molar-refractivity contribution < 1.29 is 4.79 Å². The fourth-order valence-electron chi connectivity index (χ4n) is 4.93. The first-order valence-corrected chi connectivity index (χ1v) is 8.73. The molecule has 3 atom stereocenters. The van der Waals surface area contributed by atoms with Crippen molar-refractivity contribution in [2.45, 2.75) is 64.2 Å². The maximum Gasteiger partial charge on any atom is 0.228 e. The van der Waals surface area contributed by atoms with Gasteiger partial charge in [0.2, 0.25) is 5.91 Å². The number of rotatable bonds is 3. The summed E-state index contributed by atoms with van der Waals surface area (Å²) in [7, 11) is 0. The molecule has 0 saturated heterocycles. The van der Waals surface area contributed by atoms with Gasteiger partial charge in [-0.3, -0.25) is 4.79 Å². The number of fused-ring (bicyclic) bond motifs is 3. The lowest BCUT2D eigenvalue weighted by Crippen LogP contribution is -2.54. The zero-order valence-electron chi connectivity index (χ0n) is 14.1. The van der Waals surface area contributed by atoms with Crippen LogP contribution in [0.15, 0.2) is 18.2 Å². The molecule has 2 aliphatic rings. The number of carbonyl (C=O) groups is 1. The van der Waals surface area contributed by atoms with E-state index >= 15 is 0 Å². The zero-order valence-corrected chi connectivity index (χ0v) is 14.1. The van der Waals surface area contributed by atoms with E-state index in [0.717, 1.165) is 25.7 Å². The monoisotopic (exact) mass is 298 g/mol. The number of nitrogens with two attached hydrogens (primary N) is 1. The molecule has 0 heterocycles. The van der Waals surface area contributed by atoms with Gasteiger partial charge in [-0.05, 0) is 66.5 Å². The van der Waals surface area contributed by atoms with Gasteiger partial charge in [0.15, 0.2) is 0 Å². The van der Waals surface area contributed by atoms with Gasteiger partial charge in [-0.15, -0.1) is 0 Å². The molecule has 0 bridgehead atoms. The van der Waals surface area contributed by atoms with Crippen LogP contribution in [0.3, 0.4) is 0 Å². The van der Waals surface area contributed by atoms with Gasteiger partial charge in [0.1, 0.15) is 0 Å². The number of amides is 1. The second-order valence-corrected chi connectivity index (χ2v) is 7.44. The minimum Gasteiger partial charge on any atom is -0.369 e. The normalized spacial score (nSPS) is 30.7. The van der Waals surface area contributed by atoms with Crippen LogP contribution in [0.2, 0.25) is 0 Å². The van der Waals surface area contributed by atoms with E-state index in [2.05, 4.69) is 45.4 Å². The Kier molecular flexibility index (Phi) is 4.05. The van der Waals surface area contributed by atoms with Crippen molar-refractivity contribution in [1.29, 1.82) is 0 Å². The molecule has 1 radical (unpaired) electrons. The lowest BCUT2D eigenvalue weighted by atomic mass is 9.53. The van der Waals surface area contributed by atoms with Gasteiger partial charge in [0.05, 0.1) is 5.41 Å². The van der Waals surface area contributed by atoms with Gasteiger partial charge >= 0.3 is 0 Å². The molecule has 1 amide bonds. The number of hydrogen-bond acceptors (Lipinski definition) is 1. The van der Waals surface area contributed by atoms with E-state index in [0.29, 0.717) is 17.8 Å². The highest BCUT2D eigenvalue weighted by Gasteiger charge is 2.52. The van der Waals surface area contributed by atoms with Crippen molar-refractivity contribution in [2.24, 2.45) is 17.6 Å². The summed E-state index contributed by atoms with van der Waals surface area (Å²) in [6.45, 7) is 6.58. The Morgan fingerprint density at radius 2 is 2.14 bits per heavy atom. The summed E-state index contributed by atoms with van der Waals surface area (Å²) < 4.78 is 0. The predicted octanol–water partition coefficient (Wildman–Crippen LogP) is 4.12. The van der Waals surface area contributed by atoms with Gasteiger partial charge in [0.25, 0.3) is 0 Å². The topological polar surface area (TPSA) is 43.1 Å². The second kappa shape index (κ2) is 5.72. The van der Waals surface area contributed by atoms with E-state index in [1.807, 2.05) is 0 Å². The van der Waals surface area contributed by atoms with Crippen LogP contribution in [0.25, 0.3) is 0 Å². The van der Waals surface area contributed by atoms with Gasteiger partial charge in [-0.1, -0.05) is 45.4 Å². The van der Waals surface area contributed by atoms with Crippen LogP contribution < -0.4 is 5.73 Å². The quantitative estimate of drug-likeness (QED) is 0.896. The van der Waals surface area contributed by atoms with Crippen LogP contribution in [0.5, 0.6) is 0 Å². The summed E-state index contributed by atoms with van der Waals surface area (Å²) in [5, 5.41) is 0. The third kappa shape index (κ3) is 2.19. The smallest absolute Gasteiger partial charge is 0.228 e. The molecule has 2 aliphatic carbocycles. The number of hydrogen-bond donors (Lipinski definition) is 1. The van der Waals surface area contributed by atoms with Crippen molar-refractivity contribution in [2.75, 3.05) is 0 Å². The molecule has 1 aromatic rings. The minimum absolute atomic E-state index is 0.109. The fraction of sp³-hybridized carbons (Fsp3) is 0.600. The molecule has 2 nitrogen and oxygen atoms in total. The summed E-state index contributed by atoms with van der Waals surface area (Å²) in [6.07, 6.45) is 7.70. The fourth-order valence-corrected chi connectivity index (χ4v) is 4.93. The molecule has 1 aromatic carbocycles. The summed E-state index contributed by atoms with van der Waals surface area (Å²) in [5.74, 6) is 1.33. The summed E-state index contributed by atoms with van der Waals surface area (Å²) in [6, 6.07) is 6.73. The van der Waals surface area contributed by atoms with E-state index in [1.54, 1.807) is 0 Å². The SMILES string of the molecule is C[CH]C1CCCC2(C(N)=O)c3ccc(C(C)C)cc3CCC12. The van der Waals surface area contributed by atoms with E-state index in [-0.39, 0.29) is 5.91 Å². The molecular weight excluding hydrogens is 270 g/mol. The van der Waals surface area contributed by atoms with Crippen LogP contribution >= 0.6 is 0 Å². The summed E-state index contributed by atoms with van der Waals surface area (Å²) >= 11 is 0. The van der Waals surface area contributed by atoms with Crippen molar-refractivity contribution >= 4 is 5.91 Å². The number of primary amides is 1. The van der Waals surface area contributed by atoms with E-state index in [9.17, 15) is 4.79 Å². The second-order valence-electron chi connectivity index (χ2n) is 7.44. The van der Waals surface area contributed by atoms with Crippen LogP contribution in [-0.4, -0.2) is 5.91 Å². The molecule has 0 spiro atoms. The molecule has 3 unspecified atom stereocenters. The van der Waals surface area contributed by atoms with Crippen molar-refractivity contribution in [3.05, 3.63) is 41.3 Å². The maximum absolute atomic E-state index is 12.6. The Hall–Kier alpha value is -1.31. The van der Waals surface area contributed by atoms with Crippen LogP contribution in [0, 0.1) is 18.3 Å². The number of aryl methyl sites for hydroxylation is 1. The summed E-state index contributed by atoms with van der Waals surface area (Å²) in [4.78, 5) is 12.6. The molecule has 1 fully saturated rings. The average Bonchev–Trinajstić information content (AvgIpc) is 2.52. The Balaban J connectivity index is 2.12. The molecule has 119 valence electrons. The first kappa shape index (κ1) is 15.6.